The molecule has 1 aromatic heterocycles. The normalized spacial score (nSPS) is 25.7. The summed E-state index contributed by atoms with van der Waals surface area (Å²) in [4.78, 5) is 4.00. The Hall–Kier alpha value is -1.39. The van der Waals surface area contributed by atoms with E-state index >= 15 is 0 Å². The number of halogens is 1. The van der Waals surface area contributed by atoms with Gasteiger partial charge in [-0.05, 0) is 23.1 Å². The Kier molecular flexibility index (Phi) is 3.10. The summed E-state index contributed by atoms with van der Waals surface area (Å²) in [7, 11) is 0. The van der Waals surface area contributed by atoms with E-state index in [2.05, 4.69) is 30.9 Å². The second kappa shape index (κ2) is 4.57. The van der Waals surface area contributed by atoms with Gasteiger partial charge in [-0.25, -0.2) is 9.67 Å². The first-order valence-electron chi connectivity index (χ1n) is 6.68. The van der Waals surface area contributed by atoms with Crippen molar-refractivity contribution in [3.05, 3.63) is 47.5 Å². The van der Waals surface area contributed by atoms with Crippen LogP contribution in [0.1, 0.15) is 32.4 Å². The molecule has 0 unspecified atom stereocenters. The van der Waals surface area contributed by atoms with E-state index in [0.717, 1.165) is 10.6 Å². The second-order valence-electron chi connectivity index (χ2n) is 6.28. The van der Waals surface area contributed by atoms with Crippen LogP contribution in [0.3, 0.4) is 0 Å². The fraction of sp³-hybridized carbons (Fsp3) is 0.467. The standard InChI is InChI=1S/C15H18ClN3O/c1-14(2,3)15(8-19-10-17-9-18-19)13(20-15)11-4-6-12(16)7-5-11/h4-7,9-10,13H,8H2,1-3H3/t13-,15+/m0/s1. The number of hydrogen-bond donors (Lipinski definition) is 0. The largest absolute Gasteiger partial charge is 0.358 e. The molecule has 1 aromatic carbocycles. The Morgan fingerprint density at radius 3 is 2.55 bits per heavy atom. The number of aromatic nitrogens is 3. The van der Waals surface area contributed by atoms with Crippen LogP contribution in [0.4, 0.5) is 0 Å². The average molecular weight is 292 g/mol. The smallest absolute Gasteiger partial charge is 0.137 e. The van der Waals surface area contributed by atoms with Gasteiger partial charge < -0.3 is 4.74 Å². The fourth-order valence-corrected chi connectivity index (χ4v) is 2.76. The molecule has 5 heteroatoms. The van der Waals surface area contributed by atoms with Gasteiger partial charge in [-0.15, -0.1) is 0 Å². The van der Waals surface area contributed by atoms with E-state index in [1.54, 1.807) is 12.7 Å². The first-order valence-corrected chi connectivity index (χ1v) is 7.06. The Morgan fingerprint density at radius 1 is 1.30 bits per heavy atom. The maximum Gasteiger partial charge on any atom is 0.137 e. The maximum atomic E-state index is 6.14. The summed E-state index contributed by atoms with van der Waals surface area (Å²) in [6.07, 6.45) is 3.35. The van der Waals surface area contributed by atoms with E-state index in [9.17, 15) is 0 Å². The molecule has 0 radical (unpaired) electrons. The molecular formula is C15H18ClN3O. The number of ether oxygens (including phenoxy) is 1. The van der Waals surface area contributed by atoms with Gasteiger partial charge >= 0.3 is 0 Å². The van der Waals surface area contributed by atoms with Gasteiger partial charge in [-0.2, -0.15) is 5.10 Å². The molecule has 0 spiro atoms. The van der Waals surface area contributed by atoms with Crippen LogP contribution in [0.2, 0.25) is 5.02 Å². The van der Waals surface area contributed by atoms with Gasteiger partial charge in [0.15, 0.2) is 0 Å². The monoisotopic (exact) mass is 291 g/mol. The molecule has 1 aliphatic heterocycles. The molecule has 4 nitrogen and oxygen atoms in total. The summed E-state index contributed by atoms with van der Waals surface area (Å²) in [6, 6.07) is 7.87. The number of benzene rings is 1. The second-order valence-corrected chi connectivity index (χ2v) is 6.72. The highest BCUT2D eigenvalue weighted by molar-refractivity contribution is 6.30. The first-order chi connectivity index (χ1) is 9.42. The lowest BCUT2D eigenvalue weighted by atomic mass is 9.76. The van der Waals surface area contributed by atoms with Crippen molar-refractivity contribution in [2.24, 2.45) is 5.41 Å². The minimum Gasteiger partial charge on any atom is -0.358 e. The van der Waals surface area contributed by atoms with E-state index < -0.39 is 0 Å². The lowest BCUT2D eigenvalue weighted by Crippen LogP contribution is -2.35. The Balaban J connectivity index is 1.89. The van der Waals surface area contributed by atoms with E-state index in [-0.39, 0.29) is 17.1 Å². The van der Waals surface area contributed by atoms with Crippen LogP contribution >= 0.6 is 11.6 Å². The maximum absolute atomic E-state index is 6.14. The summed E-state index contributed by atoms with van der Waals surface area (Å²) in [5, 5.41) is 4.94. The molecule has 1 fully saturated rings. The van der Waals surface area contributed by atoms with Gasteiger partial charge in [0.1, 0.15) is 24.4 Å². The molecule has 2 atom stereocenters. The van der Waals surface area contributed by atoms with Crippen LogP contribution in [0.15, 0.2) is 36.9 Å². The molecular weight excluding hydrogens is 274 g/mol. The van der Waals surface area contributed by atoms with Gasteiger partial charge in [0.05, 0.1) is 6.54 Å². The molecule has 0 saturated carbocycles. The third-order valence-electron chi connectivity index (χ3n) is 4.00. The number of nitrogens with zero attached hydrogens (tertiary/aromatic N) is 3. The topological polar surface area (TPSA) is 43.2 Å². The van der Waals surface area contributed by atoms with Crippen LogP contribution in [0.5, 0.6) is 0 Å². The van der Waals surface area contributed by atoms with E-state index in [0.29, 0.717) is 6.54 Å². The van der Waals surface area contributed by atoms with E-state index in [1.807, 2.05) is 28.9 Å². The lowest BCUT2D eigenvalue weighted by Gasteiger charge is -2.28. The van der Waals surface area contributed by atoms with Crippen LogP contribution in [-0.4, -0.2) is 20.4 Å². The van der Waals surface area contributed by atoms with E-state index in [1.165, 1.54) is 0 Å². The van der Waals surface area contributed by atoms with E-state index in [4.69, 9.17) is 16.3 Å². The van der Waals surface area contributed by atoms with Crippen molar-refractivity contribution < 1.29 is 4.74 Å². The molecule has 2 aromatic rings. The summed E-state index contributed by atoms with van der Waals surface area (Å²) >= 11 is 5.95. The Morgan fingerprint density at radius 2 is 2.00 bits per heavy atom. The van der Waals surface area contributed by atoms with Gasteiger partial charge in [-0.1, -0.05) is 44.5 Å². The molecule has 106 valence electrons. The zero-order valence-electron chi connectivity index (χ0n) is 11.9. The molecule has 1 saturated heterocycles. The number of epoxide rings is 1. The molecule has 0 aliphatic carbocycles. The number of rotatable bonds is 3. The molecule has 0 N–H and O–H groups in total. The molecule has 20 heavy (non-hydrogen) atoms. The van der Waals surface area contributed by atoms with Crippen molar-refractivity contribution in [2.75, 3.05) is 0 Å². The highest BCUT2D eigenvalue weighted by Crippen LogP contribution is 2.60. The van der Waals surface area contributed by atoms with Gasteiger partial charge in [-0.3, -0.25) is 0 Å². The van der Waals surface area contributed by atoms with Crippen LogP contribution in [0, 0.1) is 5.41 Å². The minimum atomic E-state index is -0.255. The van der Waals surface area contributed by atoms with Crippen LogP contribution < -0.4 is 0 Å². The average Bonchev–Trinajstić information content (AvgIpc) is 2.89. The first kappa shape index (κ1) is 13.6. The van der Waals surface area contributed by atoms with Gasteiger partial charge in [0.25, 0.3) is 0 Å². The fourth-order valence-electron chi connectivity index (χ4n) is 2.63. The van der Waals surface area contributed by atoms with Gasteiger partial charge in [0.2, 0.25) is 0 Å². The highest BCUT2D eigenvalue weighted by Gasteiger charge is 2.64. The van der Waals surface area contributed by atoms with Crippen LogP contribution in [-0.2, 0) is 11.3 Å². The highest BCUT2D eigenvalue weighted by atomic mass is 35.5. The van der Waals surface area contributed by atoms with Crippen molar-refractivity contribution in [1.82, 2.24) is 14.8 Å². The van der Waals surface area contributed by atoms with Crippen molar-refractivity contribution in [1.29, 1.82) is 0 Å². The Bertz CT molecular complexity index is 589. The predicted octanol–water partition coefficient (Wildman–Crippen LogP) is 3.49. The summed E-state index contributed by atoms with van der Waals surface area (Å²) in [5.41, 5.74) is 0.905. The predicted molar refractivity (Wildman–Crippen MR) is 77.5 cm³/mol. The number of hydrogen-bond acceptors (Lipinski definition) is 3. The SMILES string of the molecule is CC(C)(C)[C@]1(Cn2cncn2)O[C@H]1c1ccc(Cl)cc1. The molecule has 0 amide bonds. The molecule has 3 rings (SSSR count). The molecule has 1 aliphatic rings. The zero-order valence-corrected chi connectivity index (χ0v) is 12.6. The molecule has 0 bridgehead atoms. The summed E-state index contributed by atoms with van der Waals surface area (Å²) < 4.78 is 7.97. The third-order valence-corrected chi connectivity index (χ3v) is 4.25. The van der Waals surface area contributed by atoms with Crippen LogP contribution in [0.25, 0.3) is 0 Å². The van der Waals surface area contributed by atoms with Crippen molar-refractivity contribution in [2.45, 2.75) is 39.0 Å². The molecule has 2 heterocycles. The Labute approximate surface area is 123 Å². The summed E-state index contributed by atoms with van der Waals surface area (Å²) in [6.45, 7) is 7.28. The van der Waals surface area contributed by atoms with Gasteiger partial charge in [0, 0.05) is 5.02 Å². The quantitative estimate of drug-likeness (QED) is 0.813. The lowest BCUT2D eigenvalue weighted by molar-refractivity contribution is 0.130. The third kappa shape index (κ3) is 2.23. The van der Waals surface area contributed by atoms with Crippen molar-refractivity contribution in [3.8, 4) is 0 Å². The zero-order chi connectivity index (χ0) is 14.4. The van der Waals surface area contributed by atoms with Crippen molar-refractivity contribution >= 4 is 11.6 Å². The minimum absolute atomic E-state index is 0.00323. The van der Waals surface area contributed by atoms with Crippen molar-refractivity contribution in [3.63, 3.8) is 0 Å². The summed E-state index contributed by atoms with van der Waals surface area (Å²) in [5.74, 6) is 0.